The molecular weight excluding hydrogens is 448 g/mol. The van der Waals surface area contributed by atoms with Gasteiger partial charge in [-0.15, -0.1) is 23.1 Å². The molecule has 1 amide bonds. The molecule has 0 spiro atoms. The van der Waals surface area contributed by atoms with Crippen LogP contribution >= 0.6 is 34.7 Å². The molecule has 0 unspecified atom stereocenters. The first kappa shape index (κ1) is 21.9. The zero-order chi connectivity index (χ0) is 20.9. The minimum absolute atomic E-state index is 0.201. The van der Waals surface area contributed by atoms with Crippen molar-refractivity contribution in [2.75, 3.05) is 7.05 Å². The van der Waals surface area contributed by atoms with Crippen molar-refractivity contribution in [3.8, 4) is 0 Å². The third kappa shape index (κ3) is 6.07. The minimum atomic E-state index is -3.45. The number of thioether (sulfide) groups is 1. The van der Waals surface area contributed by atoms with Crippen molar-refractivity contribution in [1.82, 2.24) is 10.0 Å². The molecule has 0 saturated heterocycles. The summed E-state index contributed by atoms with van der Waals surface area (Å²) in [5.41, 5.74) is 1.67. The van der Waals surface area contributed by atoms with Gasteiger partial charge < -0.3 is 5.32 Å². The fourth-order valence-corrected chi connectivity index (χ4v) is 5.53. The maximum Gasteiger partial charge on any atom is 0.251 e. The Morgan fingerprint density at radius 1 is 1.03 bits per heavy atom. The second kappa shape index (κ2) is 9.77. The summed E-state index contributed by atoms with van der Waals surface area (Å²) in [6, 6.07) is 18.4. The van der Waals surface area contributed by atoms with Gasteiger partial charge in [-0.3, -0.25) is 4.79 Å². The van der Waals surface area contributed by atoms with E-state index in [0.717, 1.165) is 32.4 Å². The monoisotopic (exact) mass is 466 g/mol. The number of rotatable bonds is 8. The summed E-state index contributed by atoms with van der Waals surface area (Å²) in [5, 5.41) is 3.53. The molecule has 2 N–H and O–H groups in total. The molecule has 0 aliphatic rings. The Morgan fingerprint density at radius 3 is 2.38 bits per heavy atom. The molecule has 3 aromatic rings. The van der Waals surface area contributed by atoms with Gasteiger partial charge in [-0.25, -0.2) is 13.1 Å². The Morgan fingerprint density at radius 2 is 1.72 bits per heavy atom. The topological polar surface area (TPSA) is 75.3 Å². The summed E-state index contributed by atoms with van der Waals surface area (Å²) >= 11 is 8.72. The zero-order valence-electron chi connectivity index (χ0n) is 15.5. The highest BCUT2D eigenvalue weighted by Gasteiger charge is 2.14. The third-order valence-corrected chi connectivity index (χ3v) is 8.36. The number of sulfonamides is 1. The summed E-state index contributed by atoms with van der Waals surface area (Å²) in [7, 11) is -2.08. The van der Waals surface area contributed by atoms with Gasteiger partial charge in [0.15, 0.2) is 0 Å². The molecule has 1 aromatic heterocycles. The molecule has 0 saturated carbocycles. The zero-order valence-corrected chi connectivity index (χ0v) is 18.7. The summed E-state index contributed by atoms with van der Waals surface area (Å²) < 4.78 is 26.0. The van der Waals surface area contributed by atoms with Crippen LogP contribution in [0.4, 0.5) is 0 Å². The van der Waals surface area contributed by atoms with Crippen LogP contribution in [0, 0.1) is 0 Å². The molecule has 0 atom stereocenters. The highest BCUT2D eigenvalue weighted by atomic mass is 35.5. The smallest absolute Gasteiger partial charge is 0.251 e. The van der Waals surface area contributed by atoms with Gasteiger partial charge in [-0.05, 0) is 61.1 Å². The van der Waals surface area contributed by atoms with Gasteiger partial charge in [0.2, 0.25) is 10.0 Å². The van der Waals surface area contributed by atoms with E-state index >= 15 is 0 Å². The number of amides is 1. The number of hydrogen-bond acceptors (Lipinski definition) is 5. The maximum atomic E-state index is 12.3. The Bertz CT molecular complexity index is 1080. The van der Waals surface area contributed by atoms with Gasteiger partial charge in [0.1, 0.15) is 4.21 Å². The van der Waals surface area contributed by atoms with Crippen molar-refractivity contribution in [1.29, 1.82) is 0 Å². The van der Waals surface area contributed by atoms with Gasteiger partial charge in [-0.2, -0.15) is 0 Å². The van der Waals surface area contributed by atoms with E-state index in [1.165, 1.54) is 13.1 Å². The molecule has 0 fully saturated rings. The van der Waals surface area contributed by atoms with Crippen LogP contribution in [0.2, 0.25) is 5.02 Å². The van der Waals surface area contributed by atoms with E-state index in [0.29, 0.717) is 10.6 Å². The first-order valence-electron chi connectivity index (χ1n) is 8.65. The molecule has 0 aliphatic heterocycles. The van der Waals surface area contributed by atoms with Crippen molar-refractivity contribution in [3.05, 3.63) is 81.7 Å². The van der Waals surface area contributed by atoms with Gasteiger partial charge >= 0.3 is 0 Å². The number of benzene rings is 2. The van der Waals surface area contributed by atoms with Crippen molar-refractivity contribution < 1.29 is 13.2 Å². The predicted molar refractivity (Wildman–Crippen MR) is 119 cm³/mol. The number of halogens is 1. The van der Waals surface area contributed by atoms with Crippen LogP contribution in [0.3, 0.4) is 0 Å². The molecule has 0 radical (unpaired) electrons. The van der Waals surface area contributed by atoms with Gasteiger partial charge in [0, 0.05) is 26.1 Å². The molecule has 2 aromatic carbocycles. The number of carbonyl (C=O) groups excluding carboxylic acids is 1. The largest absolute Gasteiger partial charge is 0.347 e. The van der Waals surface area contributed by atoms with Crippen LogP contribution in [0.25, 0.3) is 0 Å². The molecule has 0 bridgehead atoms. The highest BCUT2D eigenvalue weighted by molar-refractivity contribution is 7.98. The van der Waals surface area contributed by atoms with E-state index in [9.17, 15) is 13.2 Å². The molecule has 9 heteroatoms. The molecule has 29 heavy (non-hydrogen) atoms. The lowest BCUT2D eigenvalue weighted by Gasteiger charge is -2.06. The number of carbonyl (C=O) groups is 1. The van der Waals surface area contributed by atoms with Crippen molar-refractivity contribution in [2.24, 2.45) is 0 Å². The Kier molecular flexibility index (Phi) is 7.37. The maximum absolute atomic E-state index is 12.3. The van der Waals surface area contributed by atoms with Crippen LogP contribution in [0.15, 0.2) is 69.8 Å². The standard InChI is InChI=1S/C20H19ClN2O3S3/c1-22-29(25,26)19-11-10-18(28-19)12-23-20(24)15-4-2-14(3-5-15)13-27-17-8-6-16(21)7-9-17/h2-11,22H,12-13H2,1H3,(H,23,24). The Labute approximate surface area is 183 Å². The fourth-order valence-electron chi connectivity index (χ4n) is 2.42. The van der Waals surface area contributed by atoms with E-state index < -0.39 is 10.0 Å². The molecule has 1 heterocycles. The lowest BCUT2D eigenvalue weighted by molar-refractivity contribution is 0.0951. The normalized spacial score (nSPS) is 11.4. The molecular formula is C20H19ClN2O3S3. The minimum Gasteiger partial charge on any atom is -0.347 e. The van der Waals surface area contributed by atoms with Crippen molar-refractivity contribution in [2.45, 2.75) is 21.4 Å². The first-order valence-corrected chi connectivity index (χ1v) is 12.3. The summed E-state index contributed by atoms with van der Waals surface area (Å²) in [4.78, 5) is 14.2. The highest BCUT2D eigenvalue weighted by Crippen LogP contribution is 2.24. The second-order valence-electron chi connectivity index (χ2n) is 6.05. The average Bonchev–Trinajstić information content (AvgIpc) is 3.22. The summed E-state index contributed by atoms with van der Waals surface area (Å²) in [5.74, 6) is 0.592. The molecule has 0 aliphatic carbocycles. The van der Waals surface area contributed by atoms with Crippen LogP contribution in [-0.2, 0) is 22.3 Å². The number of hydrogen-bond donors (Lipinski definition) is 2. The van der Waals surface area contributed by atoms with E-state index in [4.69, 9.17) is 11.6 Å². The van der Waals surface area contributed by atoms with E-state index in [1.54, 1.807) is 30.0 Å². The Balaban J connectivity index is 1.53. The molecule has 3 rings (SSSR count). The first-order chi connectivity index (χ1) is 13.9. The molecule has 152 valence electrons. The van der Waals surface area contributed by atoms with E-state index in [-0.39, 0.29) is 16.7 Å². The van der Waals surface area contributed by atoms with Crippen molar-refractivity contribution in [3.63, 3.8) is 0 Å². The number of thiophene rings is 1. The van der Waals surface area contributed by atoms with Crippen LogP contribution in [0.1, 0.15) is 20.8 Å². The van der Waals surface area contributed by atoms with Crippen LogP contribution in [0.5, 0.6) is 0 Å². The quantitative estimate of drug-likeness (QED) is 0.478. The third-order valence-electron chi connectivity index (χ3n) is 4.03. The molecule has 5 nitrogen and oxygen atoms in total. The number of nitrogens with one attached hydrogen (secondary N) is 2. The van der Waals surface area contributed by atoms with Gasteiger partial charge in [0.25, 0.3) is 5.91 Å². The average molecular weight is 467 g/mol. The van der Waals surface area contributed by atoms with E-state index in [1.807, 2.05) is 36.4 Å². The summed E-state index contributed by atoms with van der Waals surface area (Å²) in [6.45, 7) is 0.275. The second-order valence-corrected chi connectivity index (χ2v) is 10.8. The van der Waals surface area contributed by atoms with Gasteiger partial charge in [0.05, 0.1) is 6.54 Å². The van der Waals surface area contributed by atoms with E-state index in [2.05, 4.69) is 10.0 Å². The van der Waals surface area contributed by atoms with Crippen molar-refractivity contribution >= 4 is 50.6 Å². The summed E-state index contributed by atoms with van der Waals surface area (Å²) in [6.07, 6.45) is 0. The lowest BCUT2D eigenvalue weighted by Crippen LogP contribution is -2.22. The van der Waals surface area contributed by atoms with Gasteiger partial charge in [-0.1, -0.05) is 23.7 Å². The SMILES string of the molecule is CNS(=O)(=O)c1ccc(CNC(=O)c2ccc(CSc3ccc(Cl)cc3)cc2)s1. The Hall–Kier alpha value is -1.84. The van der Waals surface area contributed by atoms with Crippen LogP contribution < -0.4 is 10.0 Å². The van der Waals surface area contributed by atoms with Crippen LogP contribution in [-0.4, -0.2) is 21.4 Å². The fraction of sp³-hybridized carbons (Fsp3) is 0.150. The lowest BCUT2D eigenvalue weighted by atomic mass is 10.1. The predicted octanol–water partition coefficient (Wildman–Crippen LogP) is 4.53.